The molecule has 1 aromatic carbocycles. The molecule has 4 heterocycles. The lowest BCUT2D eigenvalue weighted by Gasteiger charge is -2.35. The first kappa shape index (κ1) is 21.7. The van der Waals surface area contributed by atoms with Crippen LogP contribution in [0.4, 0.5) is 0 Å². The number of amides is 1. The van der Waals surface area contributed by atoms with Crippen molar-refractivity contribution < 1.29 is 9.53 Å². The third-order valence-electron chi connectivity index (χ3n) is 6.97. The number of nitrogens with zero attached hydrogens (tertiary/aromatic N) is 4. The molecule has 33 heavy (non-hydrogen) atoms. The second kappa shape index (κ2) is 9.02. The minimum absolute atomic E-state index is 0.0755. The van der Waals surface area contributed by atoms with Crippen molar-refractivity contribution in [3.8, 4) is 5.75 Å². The zero-order valence-electron chi connectivity index (χ0n) is 19.3. The van der Waals surface area contributed by atoms with Crippen LogP contribution < -0.4 is 10.3 Å². The summed E-state index contributed by atoms with van der Waals surface area (Å²) < 4.78 is 7.12. The van der Waals surface area contributed by atoms with Crippen molar-refractivity contribution in [2.24, 2.45) is 0 Å². The normalized spacial score (nSPS) is 19.0. The molecule has 1 atom stereocenters. The monoisotopic (exact) mass is 449 g/mol. The van der Waals surface area contributed by atoms with E-state index < -0.39 is 0 Å². The fraction of sp³-hybridized carbons (Fsp3) is 0.480. The molecule has 2 aliphatic heterocycles. The Balaban J connectivity index is 1.47. The van der Waals surface area contributed by atoms with Gasteiger partial charge in [-0.25, -0.2) is 9.50 Å². The summed E-state index contributed by atoms with van der Waals surface area (Å²) >= 11 is 0. The molecule has 174 valence electrons. The molecule has 5 rings (SSSR count). The molecule has 8 heteroatoms. The maximum absolute atomic E-state index is 13.3. The molecule has 0 saturated carbocycles. The Morgan fingerprint density at radius 1 is 1.24 bits per heavy atom. The summed E-state index contributed by atoms with van der Waals surface area (Å²) in [6.45, 7) is 4.59. The Morgan fingerprint density at radius 2 is 2.09 bits per heavy atom. The third kappa shape index (κ3) is 4.04. The van der Waals surface area contributed by atoms with Crippen molar-refractivity contribution in [3.63, 3.8) is 0 Å². The van der Waals surface area contributed by atoms with E-state index >= 15 is 0 Å². The van der Waals surface area contributed by atoms with Crippen molar-refractivity contribution >= 4 is 11.6 Å². The van der Waals surface area contributed by atoms with Gasteiger partial charge in [0.25, 0.3) is 5.56 Å². The second-order valence-electron chi connectivity index (χ2n) is 8.96. The van der Waals surface area contributed by atoms with Crippen molar-refractivity contribution in [1.82, 2.24) is 24.4 Å². The van der Waals surface area contributed by atoms with Crippen LogP contribution in [0.5, 0.6) is 5.75 Å². The first-order chi connectivity index (χ1) is 16.1. The Morgan fingerprint density at radius 3 is 2.91 bits per heavy atom. The molecular formula is C25H31N5O3. The summed E-state index contributed by atoms with van der Waals surface area (Å²) in [7, 11) is 1.71. The van der Waals surface area contributed by atoms with Crippen LogP contribution in [-0.4, -0.2) is 50.5 Å². The summed E-state index contributed by atoms with van der Waals surface area (Å²) in [6.07, 6.45) is 4.39. The van der Waals surface area contributed by atoms with Gasteiger partial charge in [0, 0.05) is 37.6 Å². The highest BCUT2D eigenvalue weighted by molar-refractivity contribution is 5.76. The second-order valence-corrected chi connectivity index (χ2v) is 8.96. The molecule has 1 N–H and O–H groups in total. The van der Waals surface area contributed by atoms with Gasteiger partial charge in [-0.15, -0.1) is 0 Å². The average molecular weight is 450 g/mol. The fourth-order valence-corrected chi connectivity index (χ4v) is 5.19. The molecule has 2 aromatic heterocycles. The van der Waals surface area contributed by atoms with E-state index in [-0.39, 0.29) is 17.5 Å². The number of piperidine rings is 1. The Hall–Kier alpha value is -3.13. The van der Waals surface area contributed by atoms with Gasteiger partial charge in [-0.3, -0.25) is 19.6 Å². The smallest absolute Gasteiger partial charge is 0.277 e. The highest BCUT2D eigenvalue weighted by Gasteiger charge is 2.29. The number of benzene rings is 1. The van der Waals surface area contributed by atoms with E-state index in [4.69, 9.17) is 9.72 Å². The maximum atomic E-state index is 13.3. The molecule has 0 bridgehead atoms. The molecule has 0 unspecified atom stereocenters. The van der Waals surface area contributed by atoms with Crippen LogP contribution in [0.2, 0.25) is 0 Å². The molecule has 8 nitrogen and oxygen atoms in total. The quantitative estimate of drug-likeness (QED) is 0.647. The van der Waals surface area contributed by atoms with Gasteiger partial charge in [0.2, 0.25) is 5.91 Å². The van der Waals surface area contributed by atoms with Crippen molar-refractivity contribution in [3.05, 3.63) is 63.2 Å². The van der Waals surface area contributed by atoms with Gasteiger partial charge < -0.3 is 9.64 Å². The number of carbonyl (C=O) groups is 1. The van der Waals surface area contributed by atoms with Gasteiger partial charge in [-0.1, -0.05) is 31.5 Å². The number of rotatable bonds is 5. The lowest BCUT2D eigenvalue weighted by molar-refractivity contribution is -0.131. The van der Waals surface area contributed by atoms with Crippen molar-refractivity contribution in [1.29, 1.82) is 0 Å². The summed E-state index contributed by atoms with van der Waals surface area (Å²) in [5.74, 6) is 0.974. The van der Waals surface area contributed by atoms with Crippen LogP contribution in [0.25, 0.3) is 5.65 Å². The van der Waals surface area contributed by atoms with Crippen LogP contribution >= 0.6 is 0 Å². The van der Waals surface area contributed by atoms with E-state index in [2.05, 4.69) is 16.1 Å². The fourth-order valence-electron chi connectivity index (χ4n) is 5.19. The number of ether oxygens (including phenoxy) is 1. The molecule has 0 spiro atoms. The van der Waals surface area contributed by atoms with E-state index in [1.165, 1.54) is 0 Å². The van der Waals surface area contributed by atoms with E-state index in [1.54, 1.807) is 16.5 Å². The number of aromatic nitrogens is 3. The summed E-state index contributed by atoms with van der Waals surface area (Å²) in [6, 6.07) is 10.3. The number of methoxy groups -OCH3 is 1. The molecule has 3 aromatic rings. The number of hydrogen-bond donors (Lipinski definition) is 1. The molecule has 1 amide bonds. The van der Waals surface area contributed by atoms with Gasteiger partial charge in [0.15, 0.2) is 5.65 Å². The van der Waals surface area contributed by atoms with Gasteiger partial charge in [0.1, 0.15) is 5.75 Å². The Bertz CT molecular complexity index is 1230. The third-order valence-corrected chi connectivity index (χ3v) is 6.97. The van der Waals surface area contributed by atoms with Crippen LogP contribution in [0.3, 0.4) is 0 Å². The average Bonchev–Trinajstić information content (AvgIpc) is 3.28. The SMILES string of the molecule is CCC(=O)N1CCc2nc3cc([C@@H]4CCCCN4Cc4ccccc4OC)[nH]n3c(=O)c2C1. The molecule has 1 fully saturated rings. The number of likely N-dealkylation sites (tertiary alicyclic amines) is 1. The van der Waals surface area contributed by atoms with Gasteiger partial charge >= 0.3 is 0 Å². The predicted molar refractivity (Wildman–Crippen MR) is 125 cm³/mol. The van der Waals surface area contributed by atoms with Crippen molar-refractivity contribution in [2.75, 3.05) is 20.2 Å². The van der Waals surface area contributed by atoms with E-state index in [0.29, 0.717) is 37.1 Å². The lowest BCUT2D eigenvalue weighted by atomic mass is 9.98. The zero-order chi connectivity index (χ0) is 22.9. The van der Waals surface area contributed by atoms with Crippen LogP contribution in [0.1, 0.15) is 61.2 Å². The molecule has 1 saturated heterocycles. The standard InChI is InChI=1S/C25H31N5O3/c1-3-24(31)29-13-11-19-18(16-29)25(32)30-23(26-19)14-20(27-30)21-9-6-7-12-28(21)15-17-8-4-5-10-22(17)33-2/h4-5,8,10,14,21,27H,3,6-7,9,11-13,15-16H2,1-2H3/t21-/m0/s1. The van der Waals surface area contributed by atoms with E-state index in [0.717, 1.165) is 55.1 Å². The number of nitrogens with one attached hydrogen (secondary N) is 1. The van der Waals surface area contributed by atoms with Gasteiger partial charge in [-0.2, -0.15) is 0 Å². The molecule has 2 aliphatic rings. The largest absolute Gasteiger partial charge is 0.496 e. The lowest BCUT2D eigenvalue weighted by Crippen LogP contribution is -2.40. The van der Waals surface area contributed by atoms with Crippen LogP contribution in [0, 0.1) is 0 Å². The number of aromatic amines is 1. The summed E-state index contributed by atoms with van der Waals surface area (Å²) in [4.78, 5) is 34.5. The van der Waals surface area contributed by atoms with Gasteiger partial charge in [0.05, 0.1) is 36.6 Å². The first-order valence-corrected chi connectivity index (χ1v) is 11.9. The Kier molecular flexibility index (Phi) is 5.93. The topological polar surface area (TPSA) is 82.9 Å². The molecule has 0 radical (unpaired) electrons. The number of H-pyrrole nitrogens is 1. The first-order valence-electron chi connectivity index (χ1n) is 11.9. The van der Waals surface area contributed by atoms with Crippen LogP contribution in [-0.2, 0) is 24.3 Å². The van der Waals surface area contributed by atoms with E-state index in [1.807, 2.05) is 31.2 Å². The highest BCUT2D eigenvalue weighted by Crippen LogP contribution is 2.33. The number of hydrogen-bond acceptors (Lipinski definition) is 5. The number of carbonyl (C=O) groups excluding carboxylic acids is 1. The zero-order valence-corrected chi connectivity index (χ0v) is 19.3. The van der Waals surface area contributed by atoms with Crippen molar-refractivity contribution in [2.45, 2.75) is 58.2 Å². The summed E-state index contributed by atoms with van der Waals surface area (Å²) in [5, 5.41) is 3.35. The number of para-hydroxylation sites is 1. The van der Waals surface area contributed by atoms with E-state index in [9.17, 15) is 9.59 Å². The minimum atomic E-state index is -0.0954. The van der Waals surface area contributed by atoms with Crippen LogP contribution in [0.15, 0.2) is 35.1 Å². The molecule has 0 aliphatic carbocycles. The molecular weight excluding hydrogens is 418 g/mol. The van der Waals surface area contributed by atoms with Gasteiger partial charge in [-0.05, 0) is 25.5 Å². The highest BCUT2D eigenvalue weighted by atomic mass is 16.5. The minimum Gasteiger partial charge on any atom is -0.496 e. The maximum Gasteiger partial charge on any atom is 0.277 e. The predicted octanol–water partition coefficient (Wildman–Crippen LogP) is 3.05. The summed E-state index contributed by atoms with van der Waals surface area (Å²) in [5.41, 5.74) is 4.19. The number of fused-ring (bicyclic) bond motifs is 2. The Labute approximate surface area is 193 Å².